The minimum Gasteiger partial charge on any atom is -0.548 e. The minimum absolute atomic E-state index is 0.0521. The van der Waals surface area contributed by atoms with Crippen molar-refractivity contribution in [1.29, 1.82) is 0 Å². The largest absolute Gasteiger partial charge is 0.548 e. The van der Waals surface area contributed by atoms with E-state index >= 15 is 0 Å². The summed E-state index contributed by atoms with van der Waals surface area (Å²) >= 11 is 11.6. The molecular weight excluding hydrogens is 305 g/mol. The van der Waals surface area contributed by atoms with Gasteiger partial charge in [0.1, 0.15) is 0 Å². The standard InChI is InChI=1S/C13H11Cl2NO4/c1-5(2)10(13(19)20)16-11(17)6-3-8(14)9(15)4-7(6)12(16)18/h3-5,10H,1-2H3,(H,19,20)/p-1/t10-/m0/s1. The smallest absolute Gasteiger partial charge is 0.262 e. The Bertz CT molecular complexity index is 586. The van der Waals surface area contributed by atoms with Crippen LogP contribution in [0.1, 0.15) is 34.6 Å². The molecule has 5 nitrogen and oxygen atoms in total. The molecule has 2 amide bonds. The molecule has 0 saturated heterocycles. The van der Waals surface area contributed by atoms with Gasteiger partial charge in [-0.3, -0.25) is 14.5 Å². The number of rotatable bonds is 3. The number of benzene rings is 1. The summed E-state index contributed by atoms with van der Waals surface area (Å²) in [5.74, 6) is -3.36. The number of hydrogen-bond donors (Lipinski definition) is 0. The second-order valence-corrected chi connectivity index (χ2v) is 5.61. The van der Waals surface area contributed by atoms with Gasteiger partial charge in [0, 0.05) is 0 Å². The van der Waals surface area contributed by atoms with Gasteiger partial charge in [-0.2, -0.15) is 0 Å². The van der Waals surface area contributed by atoms with Crippen molar-refractivity contribution in [2.24, 2.45) is 5.92 Å². The molecule has 0 aliphatic carbocycles. The summed E-state index contributed by atoms with van der Waals surface area (Å²) in [5.41, 5.74) is 0.104. The molecule has 0 unspecified atom stereocenters. The van der Waals surface area contributed by atoms with Gasteiger partial charge in [0.05, 0.1) is 33.2 Å². The number of carbonyl (C=O) groups is 3. The monoisotopic (exact) mass is 314 g/mol. The summed E-state index contributed by atoms with van der Waals surface area (Å²) in [6, 6.07) is 1.21. The quantitative estimate of drug-likeness (QED) is 0.789. The van der Waals surface area contributed by atoms with Gasteiger partial charge in [-0.05, 0) is 18.1 Å². The SMILES string of the molecule is CC(C)[C@@H](C(=O)[O-])N1C(=O)c2cc(Cl)c(Cl)cc2C1=O. The Morgan fingerprint density at radius 3 is 1.80 bits per heavy atom. The second kappa shape index (κ2) is 5.07. The molecule has 0 bridgehead atoms. The van der Waals surface area contributed by atoms with E-state index in [0.29, 0.717) is 4.90 Å². The van der Waals surface area contributed by atoms with E-state index in [2.05, 4.69) is 0 Å². The number of amides is 2. The van der Waals surface area contributed by atoms with Crippen LogP contribution in [0.4, 0.5) is 0 Å². The van der Waals surface area contributed by atoms with Crippen LogP contribution >= 0.6 is 23.2 Å². The molecule has 106 valence electrons. The van der Waals surface area contributed by atoms with Gasteiger partial charge >= 0.3 is 0 Å². The number of carbonyl (C=O) groups excluding carboxylic acids is 3. The van der Waals surface area contributed by atoms with Crippen molar-refractivity contribution < 1.29 is 19.5 Å². The molecule has 2 rings (SSSR count). The lowest BCUT2D eigenvalue weighted by Crippen LogP contribution is -2.53. The predicted octanol–water partition coefficient (Wildman–Crippen LogP) is 1.36. The molecule has 1 aliphatic rings. The third kappa shape index (κ3) is 2.17. The van der Waals surface area contributed by atoms with Crippen LogP contribution in [0.25, 0.3) is 0 Å². The van der Waals surface area contributed by atoms with E-state index in [-0.39, 0.29) is 21.2 Å². The minimum atomic E-state index is -1.48. The van der Waals surface area contributed by atoms with Crippen molar-refractivity contribution in [3.8, 4) is 0 Å². The Hall–Kier alpha value is -1.59. The van der Waals surface area contributed by atoms with E-state index in [9.17, 15) is 19.5 Å². The van der Waals surface area contributed by atoms with E-state index in [4.69, 9.17) is 23.2 Å². The lowest BCUT2D eigenvalue weighted by molar-refractivity contribution is -0.311. The van der Waals surface area contributed by atoms with Crippen LogP contribution in [-0.4, -0.2) is 28.7 Å². The van der Waals surface area contributed by atoms with Gasteiger partial charge in [0.15, 0.2) is 0 Å². The Balaban J connectivity index is 2.54. The summed E-state index contributed by atoms with van der Waals surface area (Å²) in [7, 11) is 0. The maximum Gasteiger partial charge on any atom is 0.262 e. The lowest BCUT2D eigenvalue weighted by atomic mass is 10.0. The fourth-order valence-electron chi connectivity index (χ4n) is 2.18. The lowest BCUT2D eigenvalue weighted by Gasteiger charge is -2.30. The molecule has 0 aromatic heterocycles. The number of carboxylic acids is 1. The van der Waals surface area contributed by atoms with Gasteiger partial charge < -0.3 is 9.90 Å². The summed E-state index contributed by atoms with van der Waals surface area (Å²) < 4.78 is 0. The number of imide groups is 1. The van der Waals surface area contributed by atoms with E-state index in [0.717, 1.165) is 0 Å². The zero-order chi connectivity index (χ0) is 15.2. The highest BCUT2D eigenvalue weighted by Gasteiger charge is 2.42. The highest BCUT2D eigenvalue weighted by molar-refractivity contribution is 6.43. The van der Waals surface area contributed by atoms with Crippen LogP contribution in [0.2, 0.25) is 10.0 Å². The number of halogens is 2. The second-order valence-electron chi connectivity index (χ2n) is 4.80. The first-order valence-corrected chi connectivity index (χ1v) is 6.59. The molecule has 0 radical (unpaired) electrons. The van der Waals surface area contributed by atoms with E-state index < -0.39 is 29.7 Å². The van der Waals surface area contributed by atoms with Gasteiger partial charge in [-0.15, -0.1) is 0 Å². The van der Waals surface area contributed by atoms with Crippen molar-refractivity contribution in [1.82, 2.24) is 4.90 Å². The summed E-state index contributed by atoms with van der Waals surface area (Å²) in [5, 5.41) is 11.5. The van der Waals surface area contributed by atoms with Crippen LogP contribution in [0.5, 0.6) is 0 Å². The van der Waals surface area contributed by atoms with Gasteiger partial charge in [0.25, 0.3) is 11.8 Å². The van der Waals surface area contributed by atoms with Crippen LogP contribution in [0.3, 0.4) is 0 Å². The fourth-order valence-corrected chi connectivity index (χ4v) is 2.51. The molecule has 0 saturated carbocycles. The van der Waals surface area contributed by atoms with Crippen molar-refractivity contribution in [2.45, 2.75) is 19.9 Å². The highest BCUT2D eigenvalue weighted by atomic mass is 35.5. The Kier molecular flexibility index (Phi) is 3.75. The first-order valence-electron chi connectivity index (χ1n) is 5.83. The summed E-state index contributed by atoms with van der Waals surface area (Å²) in [6.07, 6.45) is 0. The average molecular weight is 315 g/mol. The number of nitrogens with zero attached hydrogens (tertiary/aromatic N) is 1. The zero-order valence-electron chi connectivity index (χ0n) is 10.6. The first kappa shape index (κ1) is 14.8. The third-order valence-electron chi connectivity index (χ3n) is 3.11. The summed E-state index contributed by atoms with van der Waals surface area (Å²) in [6.45, 7) is 3.17. The molecule has 1 heterocycles. The average Bonchev–Trinajstić information content (AvgIpc) is 2.55. The molecule has 1 aliphatic heterocycles. The van der Waals surface area contributed by atoms with Crippen molar-refractivity contribution in [3.63, 3.8) is 0 Å². The van der Waals surface area contributed by atoms with Crippen LogP contribution < -0.4 is 5.11 Å². The van der Waals surface area contributed by atoms with Crippen molar-refractivity contribution in [3.05, 3.63) is 33.3 Å². The summed E-state index contributed by atoms with van der Waals surface area (Å²) in [4.78, 5) is 36.4. The fraction of sp³-hybridized carbons (Fsp3) is 0.308. The molecule has 1 atom stereocenters. The molecule has 7 heteroatoms. The zero-order valence-corrected chi connectivity index (χ0v) is 12.2. The van der Waals surface area contributed by atoms with Gasteiger partial charge in [-0.25, -0.2) is 0 Å². The Labute approximate surface area is 125 Å². The first-order chi connectivity index (χ1) is 9.25. The Morgan fingerprint density at radius 2 is 1.50 bits per heavy atom. The number of aliphatic carboxylic acids is 1. The highest BCUT2D eigenvalue weighted by Crippen LogP contribution is 2.33. The molecule has 0 fully saturated rings. The number of carboxylic acid groups (broad SMARTS) is 1. The maximum atomic E-state index is 12.2. The van der Waals surface area contributed by atoms with E-state index in [1.165, 1.54) is 12.1 Å². The van der Waals surface area contributed by atoms with Crippen molar-refractivity contribution >= 4 is 41.0 Å². The predicted molar refractivity (Wildman–Crippen MR) is 70.6 cm³/mol. The number of fused-ring (bicyclic) bond motifs is 1. The van der Waals surface area contributed by atoms with Gasteiger partial charge in [0.2, 0.25) is 0 Å². The normalized spacial score (nSPS) is 15.8. The topological polar surface area (TPSA) is 77.5 Å². The molecule has 1 aromatic carbocycles. The van der Waals surface area contributed by atoms with E-state index in [1.54, 1.807) is 13.8 Å². The van der Waals surface area contributed by atoms with E-state index in [1.807, 2.05) is 0 Å². The molecule has 0 N–H and O–H groups in total. The van der Waals surface area contributed by atoms with Crippen LogP contribution in [-0.2, 0) is 4.79 Å². The van der Waals surface area contributed by atoms with Crippen molar-refractivity contribution in [2.75, 3.05) is 0 Å². The molecular formula is C13H10Cl2NO4-. The molecule has 0 spiro atoms. The maximum absolute atomic E-state index is 12.2. The third-order valence-corrected chi connectivity index (χ3v) is 3.83. The molecule has 20 heavy (non-hydrogen) atoms. The molecule has 1 aromatic rings. The van der Waals surface area contributed by atoms with Crippen LogP contribution in [0, 0.1) is 5.92 Å². The Morgan fingerprint density at radius 1 is 1.10 bits per heavy atom. The van der Waals surface area contributed by atoms with Crippen LogP contribution in [0.15, 0.2) is 12.1 Å². The number of hydrogen-bond acceptors (Lipinski definition) is 4. The van der Waals surface area contributed by atoms with Gasteiger partial charge in [-0.1, -0.05) is 37.0 Å².